The van der Waals surface area contributed by atoms with Gasteiger partial charge in [-0.25, -0.2) is 9.97 Å². The van der Waals surface area contributed by atoms with E-state index < -0.39 is 9.85 Å². The number of pyridine rings is 4. The van der Waals surface area contributed by atoms with Crippen molar-refractivity contribution in [2.75, 3.05) is 0 Å². The Hall–Kier alpha value is -6.68. The standard InChI is InChI=1S/C24H16N2.C12H6N4O4/c1-3-7-17(8-4-1)19-13-15-25-23-21(19)11-12-22-20(14-16-26-24(22)23)18-9-5-2-6-10-18;17-15(18)9-3-7-1-2-8-4-10(16(19)20)6-14-12(8)11(7)13-5-9/h1-16H;1-6H. The zero-order valence-corrected chi connectivity index (χ0v) is 24.0. The average Bonchev–Trinajstić information content (AvgIpc) is 3.11. The van der Waals surface area contributed by atoms with Crippen molar-refractivity contribution in [3.8, 4) is 22.3 Å². The first-order valence-corrected chi connectivity index (χ1v) is 14.2. The van der Waals surface area contributed by atoms with Gasteiger partial charge in [0.2, 0.25) is 0 Å². The maximum atomic E-state index is 10.7. The van der Waals surface area contributed by atoms with Crippen LogP contribution in [0.25, 0.3) is 65.9 Å². The molecule has 0 aliphatic rings. The molecule has 8 aromatic rings. The van der Waals surface area contributed by atoms with Gasteiger partial charge in [0.25, 0.3) is 11.4 Å². The molecule has 0 aliphatic heterocycles. The Morgan fingerprint density at radius 1 is 0.457 bits per heavy atom. The molecule has 220 valence electrons. The Balaban J connectivity index is 0.000000152. The fourth-order valence-electron chi connectivity index (χ4n) is 5.54. The van der Waals surface area contributed by atoms with Crippen LogP contribution < -0.4 is 0 Å². The van der Waals surface area contributed by atoms with Gasteiger partial charge < -0.3 is 0 Å². The van der Waals surface area contributed by atoms with Crippen molar-refractivity contribution in [2.24, 2.45) is 0 Å². The maximum absolute atomic E-state index is 10.7. The van der Waals surface area contributed by atoms with Crippen molar-refractivity contribution >= 4 is 55.0 Å². The molecule has 4 aromatic heterocycles. The molecule has 10 nitrogen and oxygen atoms in total. The van der Waals surface area contributed by atoms with Crippen LogP contribution in [-0.2, 0) is 0 Å². The summed E-state index contributed by atoms with van der Waals surface area (Å²) in [6, 6.07) is 35.4. The van der Waals surface area contributed by atoms with E-state index in [1.165, 1.54) is 34.4 Å². The average molecular weight is 603 g/mol. The zero-order valence-electron chi connectivity index (χ0n) is 24.0. The maximum Gasteiger partial charge on any atom is 0.288 e. The second kappa shape index (κ2) is 11.8. The van der Waals surface area contributed by atoms with Gasteiger partial charge in [0.1, 0.15) is 12.4 Å². The summed E-state index contributed by atoms with van der Waals surface area (Å²) in [5, 5.41) is 24.8. The second-order valence-corrected chi connectivity index (χ2v) is 10.4. The van der Waals surface area contributed by atoms with Crippen LogP contribution in [-0.4, -0.2) is 29.8 Å². The second-order valence-electron chi connectivity index (χ2n) is 10.4. The summed E-state index contributed by atoms with van der Waals surface area (Å²) >= 11 is 0. The summed E-state index contributed by atoms with van der Waals surface area (Å²) in [6.07, 6.45) is 6.04. The molecule has 0 N–H and O–H groups in total. The van der Waals surface area contributed by atoms with Crippen LogP contribution in [0.2, 0.25) is 0 Å². The SMILES string of the molecule is O=[N+]([O-])c1cnc2c(ccc3cc([N+](=O)[O-])cnc32)c1.c1ccc(-c2ccnc3c2ccc2c(-c4ccccc4)ccnc23)cc1. The van der Waals surface area contributed by atoms with Crippen LogP contribution >= 0.6 is 0 Å². The van der Waals surface area contributed by atoms with Crippen LogP contribution in [0.1, 0.15) is 0 Å². The van der Waals surface area contributed by atoms with Crippen molar-refractivity contribution < 1.29 is 9.85 Å². The summed E-state index contributed by atoms with van der Waals surface area (Å²) < 4.78 is 0. The normalized spacial score (nSPS) is 11.0. The van der Waals surface area contributed by atoms with Gasteiger partial charge in [-0.3, -0.25) is 30.2 Å². The lowest BCUT2D eigenvalue weighted by atomic mass is 9.97. The summed E-state index contributed by atoms with van der Waals surface area (Å²) in [5.74, 6) is 0. The fourth-order valence-corrected chi connectivity index (χ4v) is 5.54. The molecule has 0 saturated heterocycles. The number of benzene rings is 4. The Morgan fingerprint density at radius 3 is 1.26 bits per heavy atom. The lowest BCUT2D eigenvalue weighted by Gasteiger charge is -2.11. The summed E-state index contributed by atoms with van der Waals surface area (Å²) in [5.41, 5.74) is 7.37. The Morgan fingerprint density at radius 2 is 0.870 bits per heavy atom. The van der Waals surface area contributed by atoms with E-state index in [9.17, 15) is 20.2 Å². The van der Waals surface area contributed by atoms with Gasteiger partial charge >= 0.3 is 0 Å². The van der Waals surface area contributed by atoms with E-state index in [2.05, 4.69) is 92.7 Å². The third kappa shape index (κ3) is 5.20. The zero-order chi connectivity index (χ0) is 31.6. The summed E-state index contributed by atoms with van der Waals surface area (Å²) in [6.45, 7) is 0. The van der Waals surface area contributed by atoms with Gasteiger partial charge in [-0.1, -0.05) is 84.9 Å². The lowest BCUT2D eigenvalue weighted by Crippen LogP contribution is -1.93. The molecular formula is C36H22N6O4. The predicted octanol–water partition coefficient (Wildman–Crippen LogP) is 8.72. The molecule has 0 spiro atoms. The van der Waals surface area contributed by atoms with E-state index in [1.54, 1.807) is 12.1 Å². The van der Waals surface area contributed by atoms with E-state index in [0.29, 0.717) is 21.8 Å². The van der Waals surface area contributed by atoms with Crippen LogP contribution in [0.4, 0.5) is 11.4 Å². The molecule has 0 bridgehead atoms. The van der Waals surface area contributed by atoms with E-state index in [1.807, 2.05) is 24.5 Å². The number of aromatic nitrogens is 4. The quantitative estimate of drug-likeness (QED) is 0.111. The topological polar surface area (TPSA) is 138 Å². The summed E-state index contributed by atoms with van der Waals surface area (Å²) in [7, 11) is 0. The Kier molecular flexibility index (Phi) is 7.20. The van der Waals surface area contributed by atoms with Crippen molar-refractivity contribution in [3.05, 3.63) is 154 Å². The van der Waals surface area contributed by atoms with Gasteiger partial charge in [-0.2, -0.15) is 0 Å². The van der Waals surface area contributed by atoms with E-state index in [4.69, 9.17) is 0 Å². The largest absolute Gasteiger partial charge is 0.288 e. The molecule has 8 rings (SSSR count). The van der Waals surface area contributed by atoms with Crippen LogP contribution in [0.15, 0.2) is 134 Å². The lowest BCUT2D eigenvalue weighted by molar-refractivity contribution is -0.385. The molecule has 4 heterocycles. The molecule has 0 fully saturated rings. The molecule has 46 heavy (non-hydrogen) atoms. The highest BCUT2D eigenvalue weighted by atomic mass is 16.6. The molecule has 10 heteroatoms. The van der Waals surface area contributed by atoms with E-state index in [0.717, 1.165) is 34.2 Å². The van der Waals surface area contributed by atoms with Gasteiger partial charge in [0, 0.05) is 46.1 Å². The molecule has 0 amide bonds. The Bertz CT molecular complexity index is 2270. The smallest absolute Gasteiger partial charge is 0.258 e. The first-order chi connectivity index (χ1) is 22.5. The van der Waals surface area contributed by atoms with E-state index >= 15 is 0 Å². The molecule has 0 radical (unpaired) electrons. The number of nitro groups is 2. The molecule has 0 aliphatic carbocycles. The molecule has 0 unspecified atom stereocenters. The third-order valence-electron chi connectivity index (χ3n) is 7.68. The first kappa shape index (κ1) is 28.1. The van der Waals surface area contributed by atoms with Crippen LogP contribution in [0.3, 0.4) is 0 Å². The minimum absolute atomic E-state index is 0.112. The Labute approximate surface area is 261 Å². The number of rotatable bonds is 4. The van der Waals surface area contributed by atoms with Crippen LogP contribution in [0, 0.1) is 20.2 Å². The van der Waals surface area contributed by atoms with Gasteiger partial charge in [0.05, 0.1) is 31.9 Å². The van der Waals surface area contributed by atoms with Gasteiger partial charge in [-0.05, 0) is 34.4 Å². The highest BCUT2D eigenvalue weighted by Crippen LogP contribution is 2.35. The minimum Gasteiger partial charge on any atom is -0.258 e. The van der Waals surface area contributed by atoms with Crippen molar-refractivity contribution in [1.82, 2.24) is 19.9 Å². The molecule has 0 saturated carbocycles. The fraction of sp³-hybridized carbons (Fsp3) is 0. The highest BCUT2D eigenvalue weighted by molar-refractivity contribution is 6.11. The third-order valence-corrected chi connectivity index (χ3v) is 7.68. The first-order valence-electron chi connectivity index (χ1n) is 14.2. The minimum atomic E-state index is -0.528. The summed E-state index contributed by atoms with van der Waals surface area (Å²) in [4.78, 5) is 37.7. The van der Waals surface area contributed by atoms with E-state index in [-0.39, 0.29) is 11.4 Å². The highest BCUT2D eigenvalue weighted by Gasteiger charge is 2.14. The van der Waals surface area contributed by atoms with Gasteiger partial charge in [-0.15, -0.1) is 0 Å². The van der Waals surface area contributed by atoms with Crippen molar-refractivity contribution in [2.45, 2.75) is 0 Å². The van der Waals surface area contributed by atoms with Crippen molar-refractivity contribution in [3.63, 3.8) is 0 Å². The number of fused-ring (bicyclic) bond motifs is 6. The molecule has 0 atom stereocenters. The molecular weight excluding hydrogens is 580 g/mol. The predicted molar refractivity (Wildman–Crippen MR) is 178 cm³/mol. The monoisotopic (exact) mass is 602 g/mol. The van der Waals surface area contributed by atoms with Gasteiger partial charge in [0.15, 0.2) is 0 Å². The number of hydrogen-bond acceptors (Lipinski definition) is 8. The number of nitrogens with zero attached hydrogens (tertiary/aromatic N) is 6. The van der Waals surface area contributed by atoms with Crippen LogP contribution in [0.5, 0.6) is 0 Å². The van der Waals surface area contributed by atoms with Crippen molar-refractivity contribution in [1.29, 1.82) is 0 Å². The molecule has 4 aromatic carbocycles. The number of hydrogen-bond donors (Lipinski definition) is 0.